The summed E-state index contributed by atoms with van der Waals surface area (Å²) >= 11 is 0. The van der Waals surface area contributed by atoms with Crippen LogP contribution in [0.3, 0.4) is 0 Å². The number of aromatic nitrogens is 4. The first-order valence-corrected chi connectivity index (χ1v) is 5.28. The normalized spacial score (nSPS) is 17.3. The van der Waals surface area contributed by atoms with Crippen molar-refractivity contribution >= 4 is 0 Å². The van der Waals surface area contributed by atoms with E-state index in [9.17, 15) is 5.11 Å². The lowest BCUT2D eigenvalue weighted by molar-refractivity contribution is 0.151. The minimum absolute atomic E-state index is 0.462. The van der Waals surface area contributed by atoms with E-state index in [0.717, 1.165) is 24.2 Å². The summed E-state index contributed by atoms with van der Waals surface area (Å²) in [4.78, 5) is 8.14. The quantitative estimate of drug-likeness (QED) is 0.821. The molecular weight excluding hydrogens is 204 g/mol. The van der Waals surface area contributed by atoms with Crippen LogP contribution in [0.1, 0.15) is 18.4 Å². The highest BCUT2D eigenvalue weighted by Gasteiger charge is 2.40. The van der Waals surface area contributed by atoms with Gasteiger partial charge in [-0.25, -0.2) is 14.6 Å². The summed E-state index contributed by atoms with van der Waals surface area (Å²) in [5, 5.41) is 13.8. The van der Waals surface area contributed by atoms with E-state index in [1.807, 2.05) is 12.1 Å². The third kappa shape index (κ3) is 1.81. The van der Waals surface area contributed by atoms with Gasteiger partial charge in [0.25, 0.3) is 0 Å². The summed E-state index contributed by atoms with van der Waals surface area (Å²) in [5.41, 5.74) is 0.597. The van der Waals surface area contributed by atoms with Crippen LogP contribution >= 0.6 is 0 Å². The van der Waals surface area contributed by atoms with Crippen LogP contribution in [0, 0.1) is 0 Å². The molecular formula is C11H12N4O. The van der Waals surface area contributed by atoms with Crippen LogP contribution in [0.5, 0.6) is 0 Å². The van der Waals surface area contributed by atoms with Gasteiger partial charge in [-0.15, -0.1) is 0 Å². The van der Waals surface area contributed by atoms with Crippen molar-refractivity contribution in [2.45, 2.75) is 24.9 Å². The highest BCUT2D eigenvalue weighted by molar-refractivity contribution is 5.25. The summed E-state index contributed by atoms with van der Waals surface area (Å²) in [5.74, 6) is 0.740. The first kappa shape index (κ1) is 9.47. The number of rotatable bonds is 3. The van der Waals surface area contributed by atoms with Crippen molar-refractivity contribution in [2.24, 2.45) is 0 Å². The molecule has 5 heteroatoms. The summed E-state index contributed by atoms with van der Waals surface area (Å²) in [7, 11) is 0. The van der Waals surface area contributed by atoms with Gasteiger partial charge in [-0.05, 0) is 24.5 Å². The Labute approximate surface area is 92.8 Å². The predicted molar refractivity (Wildman–Crippen MR) is 57.0 cm³/mol. The van der Waals surface area contributed by atoms with Crippen LogP contribution in [0.4, 0.5) is 0 Å². The minimum Gasteiger partial charge on any atom is -0.390 e. The molecule has 2 aromatic rings. The maximum absolute atomic E-state index is 9.78. The molecule has 1 saturated carbocycles. The molecule has 2 heterocycles. The average Bonchev–Trinajstić information content (AvgIpc) is 2.83. The van der Waals surface area contributed by atoms with Crippen LogP contribution in [0.2, 0.25) is 0 Å². The van der Waals surface area contributed by atoms with Crippen LogP contribution in [-0.4, -0.2) is 30.5 Å². The zero-order valence-electron chi connectivity index (χ0n) is 8.74. The van der Waals surface area contributed by atoms with E-state index in [1.54, 1.807) is 17.2 Å². The van der Waals surface area contributed by atoms with Gasteiger partial charge in [0, 0.05) is 12.6 Å². The van der Waals surface area contributed by atoms with E-state index >= 15 is 0 Å². The molecule has 0 bridgehead atoms. The Kier molecular flexibility index (Phi) is 2.00. The van der Waals surface area contributed by atoms with E-state index in [4.69, 9.17) is 0 Å². The first-order valence-electron chi connectivity index (χ1n) is 5.28. The fourth-order valence-electron chi connectivity index (χ4n) is 1.68. The van der Waals surface area contributed by atoms with Crippen LogP contribution in [-0.2, 0) is 6.42 Å². The Morgan fingerprint density at radius 1 is 1.38 bits per heavy atom. The molecule has 0 aliphatic heterocycles. The molecule has 2 aromatic heterocycles. The molecule has 16 heavy (non-hydrogen) atoms. The Bertz CT molecular complexity index is 473. The second-order valence-corrected chi connectivity index (χ2v) is 4.27. The number of hydrogen-bond acceptors (Lipinski definition) is 4. The highest BCUT2D eigenvalue weighted by atomic mass is 16.3. The Hall–Kier alpha value is -1.75. The van der Waals surface area contributed by atoms with Crippen molar-refractivity contribution in [1.29, 1.82) is 0 Å². The lowest BCUT2D eigenvalue weighted by Crippen LogP contribution is -2.11. The molecule has 1 N–H and O–H groups in total. The second kappa shape index (κ2) is 3.38. The van der Waals surface area contributed by atoms with Crippen molar-refractivity contribution in [1.82, 2.24) is 19.7 Å². The summed E-state index contributed by atoms with van der Waals surface area (Å²) in [6.07, 6.45) is 7.36. The monoisotopic (exact) mass is 216 g/mol. The molecule has 0 saturated heterocycles. The lowest BCUT2D eigenvalue weighted by atomic mass is 10.1. The molecule has 1 fully saturated rings. The zero-order valence-corrected chi connectivity index (χ0v) is 8.74. The molecule has 0 aromatic carbocycles. The van der Waals surface area contributed by atoms with E-state index in [0.29, 0.717) is 6.42 Å². The van der Waals surface area contributed by atoms with Crippen molar-refractivity contribution in [3.63, 3.8) is 0 Å². The molecule has 5 nitrogen and oxygen atoms in total. The van der Waals surface area contributed by atoms with Gasteiger partial charge < -0.3 is 5.11 Å². The van der Waals surface area contributed by atoms with Gasteiger partial charge in [0.15, 0.2) is 5.82 Å². The predicted octanol–water partition coefficient (Wildman–Crippen LogP) is 0.730. The second-order valence-electron chi connectivity index (χ2n) is 4.27. The van der Waals surface area contributed by atoms with Gasteiger partial charge in [0.2, 0.25) is 0 Å². The Morgan fingerprint density at radius 3 is 2.81 bits per heavy atom. The smallest absolute Gasteiger partial charge is 0.155 e. The van der Waals surface area contributed by atoms with Crippen LogP contribution in [0.25, 0.3) is 5.82 Å². The van der Waals surface area contributed by atoms with E-state index in [-0.39, 0.29) is 0 Å². The zero-order chi connectivity index (χ0) is 11.0. The van der Waals surface area contributed by atoms with Crippen molar-refractivity contribution < 1.29 is 5.11 Å². The first-order chi connectivity index (χ1) is 7.75. The number of nitrogens with zero attached hydrogens (tertiary/aromatic N) is 4. The van der Waals surface area contributed by atoms with Crippen LogP contribution in [0.15, 0.2) is 31.0 Å². The Morgan fingerprint density at radius 2 is 2.25 bits per heavy atom. The Balaban J connectivity index is 1.80. The molecule has 0 spiro atoms. The largest absolute Gasteiger partial charge is 0.390 e. The molecule has 0 amide bonds. The van der Waals surface area contributed by atoms with Gasteiger partial charge in [0.05, 0.1) is 5.60 Å². The SMILES string of the molecule is OC1(Cc2ccc(-n3cncn3)nc2)CC1. The molecule has 1 aliphatic rings. The van der Waals surface area contributed by atoms with E-state index in [1.165, 1.54) is 6.33 Å². The molecule has 0 atom stereocenters. The molecule has 0 radical (unpaired) electrons. The third-order valence-corrected chi connectivity index (χ3v) is 2.82. The molecule has 1 aliphatic carbocycles. The minimum atomic E-state index is -0.462. The van der Waals surface area contributed by atoms with Gasteiger partial charge in [-0.1, -0.05) is 6.07 Å². The third-order valence-electron chi connectivity index (χ3n) is 2.82. The highest BCUT2D eigenvalue weighted by Crippen LogP contribution is 2.38. The van der Waals surface area contributed by atoms with Crippen molar-refractivity contribution in [2.75, 3.05) is 0 Å². The molecule has 0 unspecified atom stereocenters. The van der Waals surface area contributed by atoms with Gasteiger partial charge >= 0.3 is 0 Å². The van der Waals surface area contributed by atoms with Crippen LogP contribution < -0.4 is 0 Å². The summed E-state index contributed by atoms with van der Waals surface area (Å²) in [6, 6.07) is 3.86. The number of aliphatic hydroxyl groups is 1. The standard InChI is InChI=1S/C11H12N4O/c16-11(3-4-11)5-9-1-2-10(13-6-9)15-8-12-7-14-15/h1-2,6-8,16H,3-5H2. The molecule has 3 rings (SSSR count). The fraction of sp³-hybridized carbons (Fsp3) is 0.364. The number of hydrogen-bond donors (Lipinski definition) is 1. The maximum atomic E-state index is 9.78. The van der Waals surface area contributed by atoms with E-state index in [2.05, 4.69) is 15.1 Å². The van der Waals surface area contributed by atoms with Gasteiger partial charge in [0.1, 0.15) is 12.7 Å². The summed E-state index contributed by atoms with van der Waals surface area (Å²) in [6.45, 7) is 0. The summed E-state index contributed by atoms with van der Waals surface area (Å²) < 4.78 is 1.61. The molecule has 82 valence electrons. The number of pyridine rings is 1. The van der Waals surface area contributed by atoms with Gasteiger partial charge in [-0.2, -0.15) is 5.10 Å². The fourth-order valence-corrected chi connectivity index (χ4v) is 1.68. The van der Waals surface area contributed by atoms with E-state index < -0.39 is 5.60 Å². The maximum Gasteiger partial charge on any atom is 0.155 e. The topological polar surface area (TPSA) is 63.8 Å². The van der Waals surface area contributed by atoms with Crippen molar-refractivity contribution in [3.8, 4) is 5.82 Å². The van der Waals surface area contributed by atoms with Crippen molar-refractivity contribution in [3.05, 3.63) is 36.5 Å². The lowest BCUT2D eigenvalue weighted by Gasteiger charge is -2.07. The average molecular weight is 216 g/mol. The van der Waals surface area contributed by atoms with Gasteiger partial charge in [-0.3, -0.25) is 0 Å².